The third-order valence-corrected chi connectivity index (χ3v) is 2.14. The largest absolute Gasteiger partial charge is 0.496 e. The van der Waals surface area contributed by atoms with Gasteiger partial charge in [-0.1, -0.05) is 11.6 Å². The zero-order valence-corrected chi connectivity index (χ0v) is 9.21. The minimum Gasteiger partial charge on any atom is -0.496 e. The standard InChI is InChI=1S/C11H11ClO3/c1-7(11(13)14)5-8-6-9(12)3-4-10(8)15-2/h3-6H,1-2H3,(H,13,14)/b7-5+. The number of carboxylic acid groups (broad SMARTS) is 1. The van der Waals surface area contributed by atoms with E-state index in [-0.39, 0.29) is 5.57 Å². The molecule has 1 aromatic rings. The average Bonchev–Trinajstić information content (AvgIpc) is 2.18. The molecule has 1 aromatic carbocycles. The minimum absolute atomic E-state index is 0.232. The predicted octanol–water partition coefficient (Wildman–Crippen LogP) is 2.84. The van der Waals surface area contributed by atoms with Gasteiger partial charge in [0.2, 0.25) is 0 Å². The quantitative estimate of drug-likeness (QED) is 0.807. The number of hydrogen-bond donors (Lipinski definition) is 1. The highest BCUT2D eigenvalue weighted by Gasteiger charge is 2.05. The lowest BCUT2D eigenvalue weighted by atomic mass is 10.1. The fourth-order valence-electron chi connectivity index (χ4n) is 1.11. The summed E-state index contributed by atoms with van der Waals surface area (Å²) in [5, 5.41) is 9.28. The van der Waals surface area contributed by atoms with E-state index in [9.17, 15) is 4.79 Å². The lowest BCUT2D eigenvalue weighted by Crippen LogP contribution is -1.96. The van der Waals surface area contributed by atoms with Gasteiger partial charge in [-0.05, 0) is 31.2 Å². The van der Waals surface area contributed by atoms with Gasteiger partial charge >= 0.3 is 5.97 Å². The molecule has 0 aliphatic heterocycles. The highest BCUT2D eigenvalue weighted by Crippen LogP contribution is 2.24. The Bertz CT molecular complexity index is 410. The Kier molecular flexibility index (Phi) is 3.74. The van der Waals surface area contributed by atoms with Crippen LogP contribution in [0.15, 0.2) is 23.8 Å². The molecule has 0 unspecified atom stereocenters. The van der Waals surface area contributed by atoms with Crippen molar-refractivity contribution in [3.63, 3.8) is 0 Å². The van der Waals surface area contributed by atoms with E-state index in [0.29, 0.717) is 16.3 Å². The van der Waals surface area contributed by atoms with E-state index in [0.717, 1.165) is 0 Å². The second kappa shape index (κ2) is 4.84. The fourth-order valence-corrected chi connectivity index (χ4v) is 1.29. The fraction of sp³-hybridized carbons (Fsp3) is 0.182. The Morgan fingerprint density at radius 2 is 2.20 bits per heavy atom. The number of carboxylic acids is 1. The zero-order chi connectivity index (χ0) is 11.4. The molecule has 0 bridgehead atoms. The Labute approximate surface area is 92.9 Å². The predicted molar refractivity (Wildman–Crippen MR) is 59.3 cm³/mol. The van der Waals surface area contributed by atoms with Gasteiger partial charge in [-0.3, -0.25) is 0 Å². The van der Waals surface area contributed by atoms with Crippen LogP contribution in [0.5, 0.6) is 5.75 Å². The van der Waals surface area contributed by atoms with E-state index in [1.165, 1.54) is 20.1 Å². The summed E-state index contributed by atoms with van der Waals surface area (Å²) in [5.41, 5.74) is 0.889. The molecule has 1 rings (SSSR count). The third kappa shape index (κ3) is 2.99. The molecular formula is C11H11ClO3. The van der Waals surface area contributed by atoms with Gasteiger partial charge in [-0.25, -0.2) is 4.79 Å². The van der Waals surface area contributed by atoms with Crippen molar-refractivity contribution in [1.29, 1.82) is 0 Å². The molecule has 80 valence electrons. The molecule has 15 heavy (non-hydrogen) atoms. The van der Waals surface area contributed by atoms with Crippen molar-refractivity contribution >= 4 is 23.6 Å². The summed E-state index contributed by atoms with van der Waals surface area (Å²) in [6.45, 7) is 1.52. The van der Waals surface area contributed by atoms with E-state index in [2.05, 4.69) is 0 Å². The molecule has 0 spiro atoms. The molecule has 0 fully saturated rings. The normalized spacial score (nSPS) is 11.3. The molecule has 4 heteroatoms. The van der Waals surface area contributed by atoms with E-state index in [1.54, 1.807) is 18.2 Å². The summed E-state index contributed by atoms with van der Waals surface area (Å²) in [6.07, 6.45) is 1.52. The molecule has 0 saturated heterocycles. The van der Waals surface area contributed by atoms with Crippen molar-refractivity contribution in [3.05, 3.63) is 34.4 Å². The molecular weight excluding hydrogens is 216 g/mol. The molecule has 0 aliphatic carbocycles. The van der Waals surface area contributed by atoms with Crippen LogP contribution in [-0.4, -0.2) is 18.2 Å². The first-order valence-electron chi connectivity index (χ1n) is 4.29. The Hall–Kier alpha value is -1.48. The Morgan fingerprint density at radius 3 is 2.73 bits per heavy atom. The van der Waals surface area contributed by atoms with Gasteiger partial charge in [0.25, 0.3) is 0 Å². The van der Waals surface area contributed by atoms with Crippen molar-refractivity contribution in [2.75, 3.05) is 7.11 Å². The maximum absolute atomic E-state index is 10.6. The number of aliphatic carboxylic acids is 1. The van der Waals surface area contributed by atoms with Crippen LogP contribution in [0.2, 0.25) is 5.02 Å². The highest BCUT2D eigenvalue weighted by molar-refractivity contribution is 6.30. The van der Waals surface area contributed by atoms with Crippen LogP contribution in [0.4, 0.5) is 0 Å². The molecule has 0 aliphatic rings. The molecule has 0 heterocycles. The molecule has 0 amide bonds. The number of benzene rings is 1. The lowest BCUT2D eigenvalue weighted by Gasteiger charge is -2.05. The van der Waals surface area contributed by atoms with Gasteiger partial charge in [-0.2, -0.15) is 0 Å². The molecule has 1 N–H and O–H groups in total. The molecule has 0 atom stereocenters. The second-order valence-corrected chi connectivity index (χ2v) is 3.46. The van der Waals surface area contributed by atoms with Gasteiger partial charge in [0, 0.05) is 16.2 Å². The maximum atomic E-state index is 10.6. The number of halogens is 1. The summed E-state index contributed by atoms with van der Waals surface area (Å²) < 4.78 is 5.08. The zero-order valence-electron chi connectivity index (χ0n) is 8.45. The Morgan fingerprint density at radius 1 is 1.53 bits per heavy atom. The first-order valence-corrected chi connectivity index (χ1v) is 4.67. The number of carbonyl (C=O) groups is 1. The molecule has 0 radical (unpaired) electrons. The number of methoxy groups -OCH3 is 1. The lowest BCUT2D eigenvalue weighted by molar-refractivity contribution is -0.132. The van der Waals surface area contributed by atoms with Crippen LogP contribution in [-0.2, 0) is 4.79 Å². The summed E-state index contributed by atoms with van der Waals surface area (Å²) >= 11 is 5.80. The minimum atomic E-state index is -0.961. The first-order chi connectivity index (χ1) is 7.04. The van der Waals surface area contributed by atoms with Gasteiger partial charge in [0.15, 0.2) is 0 Å². The van der Waals surface area contributed by atoms with Crippen molar-refractivity contribution in [2.24, 2.45) is 0 Å². The number of hydrogen-bond acceptors (Lipinski definition) is 2. The first kappa shape index (κ1) is 11.6. The second-order valence-electron chi connectivity index (χ2n) is 3.02. The van der Waals surface area contributed by atoms with Crippen molar-refractivity contribution in [3.8, 4) is 5.75 Å². The van der Waals surface area contributed by atoms with Gasteiger partial charge in [-0.15, -0.1) is 0 Å². The summed E-state index contributed by atoms with van der Waals surface area (Å²) in [5.74, 6) is -0.364. The maximum Gasteiger partial charge on any atom is 0.331 e. The van der Waals surface area contributed by atoms with Crippen molar-refractivity contribution < 1.29 is 14.6 Å². The molecule has 0 saturated carbocycles. The highest BCUT2D eigenvalue weighted by atomic mass is 35.5. The van der Waals surface area contributed by atoms with Gasteiger partial charge < -0.3 is 9.84 Å². The van der Waals surface area contributed by atoms with E-state index >= 15 is 0 Å². The average molecular weight is 227 g/mol. The van der Waals surface area contributed by atoms with Crippen LogP contribution in [0.25, 0.3) is 6.08 Å². The van der Waals surface area contributed by atoms with Crippen LogP contribution < -0.4 is 4.74 Å². The van der Waals surface area contributed by atoms with Gasteiger partial charge in [0.1, 0.15) is 5.75 Å². The monoisotopic (exact) mass is 226 g/mol. The third-order valence-electron chi connectivity index (χ3n) is 1.90. The van der Waals surface area contributed by atoms with Crippen LogP contribution in [0.1, 0.15) is 12.5 Å². The Balaban J connectivity index is 3.18. The summed E-state index contributed by atoms with van der Waals surface area (Å²) in [6, 6.07) is 5.05. The smallest absolute Gasteiger partial charge is 0.331 e. The van der Waals surface area contributed by atoms with Crippen molar-refractivity contribution in [2.45, 2.75) is 6.92 Å². The van der Waals surface area contributed by atoms with Crippen LogP contribution >= 0.6 is 11.6 Å². The van der Waals surface area contributed by atoms with Crippen molar-refractivity contribution in [1.82, 2.24) is 0 Å². The molecule has 0 aromatic heterocycles. The van der Waals surface area contributed by atoms with Gasteiger partial charge in [0.05, 0.1) is 7.11 Å². The SMILES string of the molecule is COc1ccc(Cl)cc1/C=C(\C)C(=O)O. The summed E-state index contributed by atoms with van der Waals surface area (Å²) in [7, 11) is 1.52. The van der Waals surface area contributed by atoms with E-state index in [4.69, 9.17) is 21.4 Å². The summed E-state index contributed by atoms with van der Waals surface area (Å²) in [4.78, 5) is 10.6. The number of ether oxygens (including phenoxy) is 1. The number of rotatable bonds is 3. The molecule has 3 nitrogen and oxygen atoms in total. The van der Waals surface area contributed by atoms with E-state index < -0.39 is 5.97 Å². The van der Waals surface area contributed by atoms with Crippen LogP contribution in [0, 0.1) is 0 Å². The van der Waals surface area contributed by atoms with Crippen LogP contribution in [0.3, 0.4) is 0 Å². The van der Waals surface area contributed by atoms with E-state index in [1.807, 2.05) is 0 Å². The topological polar surface area (TPSA) is 46.5 Å².